The van der Waals surface area contributed by atoms with Crippen LogP contribution in [0, 0.1) is 0 Å². The number of quaternary nitrogens is 1. The molecule has 72 valence electrons. The summed E-state index contributed by atoms with van der Waals surface area (Å²) in [7, 11) is 0. The largest absolute Gasteiger partial charge is 1.00 e. The molecule has 0 bridgehead atoms. The van der Waals surface area contributed by atoms with Crippen molar-refractivity contribution >= 4 is 5.97 Å². The third-order valence-corrected chi connectivity index (χ3v) is 0.1000. The summed E-state index contributed by atoms with van der Waals surface area (Å²) in [4.78, 5) is 8.89. The molecule has 0 atom stereocenters. The number of carboxylic acids is 1. The van der Waals surface area contributed by atoms with E-state index >= 15 is 0 Å². The number of carboxylic acid groups (broad SMARTS) is 1. The van der Waals surface area contributed by atoms with Gasteiger partial charge in [0.1, 0.15) is 0 Å². The van der Waals surface area contributed by atoms with E-state index in [4.69, 9.17) is 20.1 Å². The fraction of sp³-hybridized carbons (Fsp3) is 0.750. The summed E-state index contributed by atoms with van der Waals surface area (Å²) in [6.45, 7) is 0.722. The van der Waals surface area contributed by atoms with Crippen molar-refractivity contribution in [1.29, 1.82) is 0 Å². The first-order valence-electron chi connectivity index (χ1n) is 2.04. The van der Waals surface area contributed by atoms with Crippen molar-refractivity contribution in [2.24, 2.45) is 0 Å². The Bertz CT molecular complexity index is 60.1. The van der Waals surface area contributed by atoms with Crippen molar-refractivity contribution < 1.29 is 41.9 Å². The molecule has 11 heavy (non-hydrogen) atoms. The molecule has 0 unspecified atom stereocenters. The summed E-state index contributed by atoms with van der Waals surface area (Å²) in [6.07, 6.45) is 0. The van der Waals surface area contributed by atoms with Gasteiger partial charge in [-0.1, -0.05) is 0 Å². The minimum atomic E-state index is -1.08. The number of rotatable bonds is 1. The SMILES string of the molecule is CC(=O)[O-].OCCO.[F-].[Mn+].[NH4+]. The normalized spacial score (nSPS) is 5.00. The van der Waals surface area contributed by atoms with Crippen LogP contribution in [-0.2, 0) is 21.9 Å². The summed E-state index contributed by atoms with van der Waals surface area (Å²) in [6, 6.07) is 0. The van der Waals surface area contributed by atoms with Crippen molar-refractivity contribution in [2.75, 3.05) is 13.2 Å². The van der Waals surface area contributed by atoms with E-state index in [-0.39, 0.29) is 41.1 Å². The van der Waals surface area contributed by atoms with E-state index in [1.807, 2.05) is 0 Å². The molecule has 0 radical (unpaired) electrons. The Morgan fingerprint density at radius 2 is 1.45 bits per heavy atom. The number of halogens is 1. The van der Waals surface area contributed by atoms with Crippen LogP contribution < -0.4 is 16.0 Å². The monoisotopic (exact) mass is 213 g/mol. The summed E-state index contributed by atoms with van der Waals surface area (Å²) in [5.74, 6) is -1.08. The van der Waals surface area contributed by atoms with Gasteiger partial charge in [0, 0.05) is 5.97 Å². The molecule has 6 N–H and O–H groups in total. The van der Waals surface area contributed by atoms with Crippen molar-refractivity contribution in [3.05, 3.63) is 0 Å². The zero-order chi connectivity index (χ0) is 6.99. The van der Waals surface area contributed by atoms with Crippen LogP contribution in [0.4, 0.5) is 0 Å². The van der Waals surface area contributed by atoms with E-state index in [1.165, 1.54) is 0 Å². The van der Waals surface area contributed by atoms with Crippen LogP contribution in [0.5, 0.6) is 0 Å². The molecule has 0 aromatic rings. The molecule has 0 heterocycles. The van der Waals surface area contributed by atoms with E-state index in [1.54, 1.807) is 0 Å². The first kappa shape index (κ1) is 30.8. The maximum Gasteiger partial charge on any atom is 1.00 e. The average molecular weight is 213 g/mol. The van der Waals surface area contributed by atoms with Crippen molar-refractivity contribution in [2.45, 2.75) is 6.92 Å². The first-order valence-corrected chi connectivity index (χ1v) is 2.04. The molecule has 0 amide bonds. The molecule has 0 aliphatic carbocycles. The molecule has 0 fully saturated rings. The van der Waals surface area contributed by atoms with Crippen molar-refractivity contribution in [3.8, 4) is 0 Å². The van der Waals surface area contributed by atoms with E-state index in [2.05, 4.69) is 0 Å². The first-order chi connectivity index (χ1) is 3.65. The minimum absolute atomic E-state index is 0. The zero-order valence-corrected chi connectivity index (χ0v) is 7.56. The molecular formula is C4H13FMnNO4. The molecule has 0 aromatic carbocycles. The van der Waals surface area contributed by atoms with Crippen molar-refractivity contribution in [1.82, 2.24) is 6.15 Å². The van der Waals surface area contributed by atoms with E-state index in [0.29, 0.717) is 0 Å². The third-order valence-electron chi connectivity index (χ3n) is 0.1000. The van der Waals surface area contributed by atoms with Gasteiger partial charge in [-0.15, -0.1) is 0 Å². The predicted octanol–water partition coefficient (Wildman–Crippen LogP) is -4.90. The number of carbonyl (C=O) groups is 1. The molecule has 5 nitrogen and oxygen atoms in total. The molecule has 0 aliphatic heterocycles. The predicted molar refractivity (Wildman–Crippen MR) is 30.8 cm³/mol. The van der Waals surface area contributed by atoms with Crippen LogP contribution >= 0.6 is 0 Å². The summed E-state index contributed by atoms with van der Waals surface area (Å²) < 4.78 is 0. The van der Waals surface area contributed by atoms with Crippen LogP contribution in [-0.4, -0.2) is 29.4 Å². The summed E-state index contributed by atoms with van der Waals surface area (Å²) >= 11 is 0. The van der Waals surface area contributed by atoms with Gasteiger partial charge in [0.15, 0.2) is 0 Å². The standard InChI is InChI=1S/C2H4O2.C2H6O2.FH.Mn.H3N/c1-2(3)4;3-1-2-4;;;/h1H3,(H,3,4);3-4H,1-2H2;1H;;1H3/q;;;+1;/p-1. The average Bonchev–Trinajstić information content (AvgIpc) is 1.65. The summed E-state index contributed by atoms with van der Waals surface area (Å²) in [5.41, 5.74) is 0. The molecule has 0 saturated heterocycles. The Balaban J connectivity index is -0.0000000171. The molecule has 7 heteroatoms. The molecule has 0 aliphatic rings. The number of aliphatic hydroxyl groups excluding tert-OH is 2. The molecule has 0 rings (SSSR count). The number of aliphatic carboxylic acids is 1. The maximum absolute atomic E-state index is 8.89. The van der Waals surface area contributed by atoms with E-state index in [0.717, 1.165) is 6.92 Å². The molecular weight excluding hydrogens is 200 g/mol. The van der Waals surface area contributed by atoms with Gasteiger partial charge in [-0.3, -0.25) is 0 Å². The fourth-order valence-electron chi connectivity index (χ4n) is 0. The number of carbonyl (C=O) groups excluding carboxylic acids is 1. The zero-order valence-electron chi connectivity index (χ0n) is 6.38. The number of hydrogen-bond donors (Lipinski definition) is 3. The number of aliphatic hydroxyl groups is 2. The van der Waals surface area contributed by atoms with Gasteiger partial charge >= 0.3 is 17.1 Å². The summed E-state index contributed by atoms with van der Waals surface area (Å²) in [5, 5.41) is 24.1. The Morgan fingerprint density at radius 1 is 1.36 bits per heavy atom. The van der Waals surface area contributed by atoms with Gasteiger partial charge in [0.05, 0.1) is 13.2 Å². The molecule has 0 spiro atoms. The second-order valence-corrected chi connectivity index (χ2v) is 0.939. The van der Waals surface area contributed by atoms with Gasteiger partial charge in [0.25, 0.3) is 0 Å². The van der Waals surface area contributed by atoms with Gasteiger partial charge in [-0.2, -0.15) is 0 Å². The van der Waals surface area contributed by atoms with Gasteiger partial charge in [-0.25, -0.2) is 0 Å². The molecule has 0 saturated carbocycles. The topological polar surface area (TPSA) is 117 Å². The van der Waals surface area contributed by atoms with Crippen LogP contribution in [0.25, 0.3) is 0 Å². The quantitative estimate of drug-likeness (QED) is 0.378. The Kier molecular flexibility index (Phi) is 92.3. The van der Waals surface area contributed by atoms with Crippen molar-refractivity contribution in [3.63, 3.8) is 0 Å². The van der Waals surface area contributed by atoms with Crippen LogP contribution in [0.1, 0.15) is 6.92 Å². The van der Waals surface area contributed by atoms with Gasteiger partial charge < -0.3 is 31.0 Å². The maximum atomic E-state index is 8.89. The smallest absolute Gasteiger partial charge is 1.00 e. The van der Waals surface area contributed by atoms with Gasteiger partial charge in [0.2, 0.25) is 0 Å². The van der Waals surface area contributed by atoms with E-state index in [9.17, 15) is 0 Å². The Hall–Kier alpha value is -0.201. The van der Waals surface area contributed by atoms with Crippen LogP contribution in [0.3, 0.4) is 0 Å². The molecule has 0 aromatic heterocycles. The third kappa shape index (κ3) is 933. The minimum Gasteiger partial charge on any atom is -1.00 e. The van der Waals surface area contributed by atoms with Gasteiger partial charge in [-0.05, 0) is 6.92 Å². The Morgan fingerprint density at radius 3 is 1.45 bits per heavy atom. The van der Waals surface area contributed by atoms with Crippen LogP contribution in [0.15, 0.2) is 0 Å². The second kappa shape index (κ2) is 32.9. The number of hydrogen-bond acceptors (Lipinski definition) is 4. The fourth-order valence-corrected chi connectivity index (χ4v) is 0. The Labute approximate surface area is 74.8 Å². The van der Waals surface area contributed by atoms with E-state index < -0.39 is 5.97 Å². The van der Waals surface area contributed by atoms with Crippen LogP contribution in [0.2, 0.25) is 0 Å². The second-order valence-electron chi connectivity index (χ2n) is 0.939.